The Morgan fingerprint density at radius 2 is 1.96 bits per heavy atom. The lowest BCUT2D eigenvalue weighted by Gasteiger charge is -2.38. The number of carbonyl (C=O) groups excluding carboxylic acids is 2. The maximum absolute atomic E-state index is 13.9. The number of amides is 3. The second-order valence-corrected chi connectivity index (χ2v) is 6.88. The number of nitrogens with zero attached hydrogens (tertiary/aromatic N) is 2. The minimum atomic E-state index is -0.796. The number of urea groups is 1. The summed E-state index contributed by atoms with van der Waals surface area (Å²) in [6, 6.07) is 2.29. The number of morpholine rings is 1. The number of hydrogen-bond donors (Lipinski definition) is 1. The van der Waals surface area contributed by atoms with Crippen LogP contribution in [-0.2, 0) is 9.53 Å². The van der Waals surface area contributed by atoms with Gasteiger partial charge in [0.2, 0.25) is 5.91 Å². The Hall–Kier alpha value is -2.22. The summed E-state index contributed by atoms with van der Waals surface area (Å²) < 4.78 is 33.4. The maximum atomic E-state index is 13.9. The van der Waals surface area contributed by atoms with Crippen molar-refractivity contribution in [1.82, 2.24) is 10.2 Å². The van der Waals surface area contributed by atoms with E-state index in [2.05, 4.69) is 5.32 Å². The normalized spacial score (nSPS) is 23.0. The van der Waals surface area contributed by atoms with Crippen LogP contribution in [0.25, 0.3) is 0 Å². The van der Waals surface area contributed by atoms with Crippen LogP contribution in [0.5, 0.6) is 0 Å². The summed E-state index contributed by atoms with van der Waals surface area (Å²) in [4.78, 5) is 27.5. The first kappa shape index (κ1) is 17.6. The molecule has 25 heavy (non-hydrogen) atoms. The molecule has 0 saturated carbocycles. The fourth-order valence-electron chi connectivity index (χ4n) is 3.21. The van der Waals surface area contributed by atoms with Crippen LogP contribution in [0.1, 0.15) is 20.3 Å². The van der Waals surface area contributed by atoms with Gasteiger partial charge in [-0.2, -0.15) is 0 Å². The molecule has 2 saturated heterocycles. The van der Waals surface area contributed by atoms with Crippen LogP contribution in [0.4, 0.5) is 19.3 Å². The fraction of sp³-hybridized carbons (Fsp3) is 0.529. The molecule has 1 N–H and O–H groups in total. The number of nitrogens with one attached hydrogen (secondary N) is 1. The lowest BCUT2D eigenvalue weighted by Crippen LogP contribution is -2.55. The Kier molecular flexibility index (Phi) is 4.64. The molecule has 2 aliphatic rings. The molecule has 2 heterocycles. The molecule has 0 bridgehead atoms. The number of anilines is 1. The fourth-order valence-corrected chi connectivity index (χ4v) is 3.21. The zero-order valence-corrected chi connectivity index (χ0v) is 14.2. The molecule has 2 aliphatic heterocycles. The molecule has 0 spiro atoms. The van der Waals surface area contributed by atoms with Crippen molar-refractivity contribution in [2.75, 3.05) is 31.1 Å². The molecular weight excluding hydrogens is 332 g/mol. The van der Waals surface area contributed by atoms with Crippen molar-refractivity contribution in [3.8, 4) is 0 Å². The molecule has 2 fully saturated rings. The van der Waals surface area contributed by atoms with E-state index in [1.165, 1.54) is 6.07 Å². The zero-order valence-electron chi connectivity index (χ0n) is 14.2. The summed E-state index contributed by atoms with van der Waals surface area (Å²) in [6.07, 6.45) is 0.298. The van der Waals surface area contributed by atoms with Crippen LogP contribution >= 0.6 is 0 Å². The lowest BCUT2D eigenvalue weighted by molar-refractivity contribution is -0.118. The minimum absolute atomic E-state index is 0.149. The van der Waals surface area contributed by atoms with E-state index in [0.29, 0.717) is 26.1 Å². The molecule has 0 aliphatic carbocycles. The van der Waals surface area contributed by atoms with Gasteiger partial charge < -0.3 is 19.9 Å². The molecule has 6 nitrogen and oxygen atoms in total. The SMILES string of the molecule is CC1(C)CN(C(=O)NC2CCN(c3c(F)cccc3F)C2=O)CCO1. The second kappa shape index (κ2) is 6.59. The van der Waals surface area contributed by atoms with E-state index in [4.69, 9.17) is 4.74 Å². The van der Waals surface area contributed by atoms with E-state index in [1.54, 1.807) is 4.90 Å². The number of hydrogen-bond acceptors (Lipinski definition) is 3. The van der Waals surface area contributed by atoms with Crippen LogP contribution in [0.15, 0.2) is 18.2 Å². The van der Waals surface area contributed by atoms with Crippen LogP contribution in [0.2, 0.25) is 0 Å². The Balaban J connectivity index is 1.67. The standard InChI is InChI=1S/C17H21F2N3O3/c1-17(2)10-21(8-9-25-17)16(24)20-13-6-7-22(15(13)23)14-11(18)4-3-5-12(14)19/h3-5,13H,6-10H2,1-2H3,(H,20,24). The van der Waals surface area contributed by atoms with Gasteiger partial charge in [-0.1, -0.05) is 6.07 Å². The van der Waals surface area contributed by atoms with Crippen molar-refractivity contribution in [1.29, 1.82) is 0 Å². The predicted molar refractivity (Wildman–Crippen MR) is 87.3 cm³/mol. The smallest absolute Gasteiger partial charge is 0.318 e. The van der Waals surface area contributed by atoms with Crippen molar-refractivity contribution in [2.24, 2.45) is 0 Å². The third-order valence-electron chi connectivity index (χ3n) is 4.42. The Morgan fingerprint density at radius 3 is 2.60 bits per heavy atom. The van der Waals surface area contributed by atoms with Crippen LogP contribution < -0.4 is 10.2 Å². The van der Waals surface area contributed by atoms with Gasteiger partial charge in [-0.05, 0) is 32.4 Å². The van der Waals surface area contributed by atoms with Crippen LogP contribution in [0, 0.1) is 11.6 Å². The van der Waals surface area contributed by atoms with E-state index >= 15 is 0 Å². The van der Waals surface area contributed by atoms with E-state index in [-0.39, 0.29) is 18.3 Å². The van der Waals surface area contributed by atoms with Gasteiger partial charge in [0.05, 0.1) is 18.8 Å². The highest BCUT2D eigenvalue weighted by Gasteiger charge is 2.38. The number of benzene rings is 1. The van der Waals surface area contributed by atoms with Crippen LogP contribution in [-0.4, -0.2) is 54.7 Å². The highest BCUT2D eigenvalue weighted by molar-refractivity contribution is 6.01. The molecule has 3 rings (SSSR count). The summed E-state index contributed by atoms with van der Waals surface area (Å²) >= 11 is 0. The monoisotopic (exact) mass is 353 g/mol. The minimum Gasteiger partial charge on any atom is -0.372 e. The first-order chi connectivity index (χ1) is 11.8. The van der Waals surface area contributed by atoms with Gasteiger partial charge in [0.25, 0.3) is 0 Å². The molecule has 1 aromatic carbocycles. The highest BCUT2D eigenvalue weighted by Crippen LogP contribution is 2.27. The quantitative estimate of drug-likeness (QED) is 0.883. The third kappa shape index (κ3) is 3.58. The summed E-state index contributed by atoms with van der Waals surface area (Å²) in [6.45, 7) is 5.18. The van der Waals surface area contributed by atoms with Crippen molar-refractivity contribution in [3.63, 3.8) is 0 Å². The first-order valence-corrected chi connectivity index (χ1v) is 8.23. The number of para-hydroxylation sites is 1. The maximum Gasteiger partial charge on any atom is 0.318 e. The molecule has 136 valence electrons. The van der Waals surface area contributed by atoms with Gasteiger partial charge in [0, 0.05) is 13.1 Å². The molecule has 1 atom stereocenters. The molecule has 1 unspecified atom stereocenters. The van der Waals surface area contributed by atoms with Gasteiger partial charge in [0.1, 0.15) is 23.4 Å². The Bertz CT molecular complexity index is 675. The highest BCUT2D eigenvalue weighted by atomic mass is 19.1. The van der Waals surface area contributed by atoms with Crippen molar-refractivity contribution >= 4 is 17.6 Å². The average Bonchev–Trinajstić information content (AvgIpc) is 2.87. The summed E-state index contributed by atoms with van der Waals surface area (Å²) in [5.41, 5.74) is -0.811. The molecule has 1 aromatic rings. The van der Waals surface area contributed by atoms with Crippen LogP contribution in [0.3, 0.4) is 0 Å². The second-order valence-electron chi connectivity index (χ2n) is 6.88. The van der Waals surface area contributed by atoms with Gasteiger partial charge in [-0.25, -0.2) is 13.6 Å². The van der Waals surface area contributed by atoms with Gasteiger partial charge in [-0.15, -0.1) is 0 Å². The molecule has 0 radical (unpaired) electrons. The van der Waals surface area contributed by atoms with Gasteiger partial charge >= 0.3 is 6.03 Å². The predicted octanol–water partition coefficient (Wildman–Crippen LogP) is 1.89. The number of rotatable bonds is 2. The van der Waals surface area contributed by atoms with E-state index in [0.717, 1.165) is 17.0 Å². The van der Waals surface area contributed by atoms with Gasteiger partial charge in [-0.3, -0.25) is 4.79 Å². The summed E-state index contributed by atoms with van der Waals surface area (Å²) in [5.74, 6) is -2.10. The Labute approximate surface area is 144 Å². The number of ether oxygens (including phenoxy) is 1. The number of carbonyl (C=O) groups is 2. The largest absolute Gasteiger partial charge is 0.372 e. The van der Waals surface area contributed by atoms with E-state index in [1.807, 2.05) is 13.8 Å². The third-order valence-corrected chi connectivity index (χ3v) is 4.42. The van der Waals surface area contributed by atoms with Crippen molar-refractivity contribution < 1.29 is 23.1 Å². The first-order valence-electron chi connectivity index (χ1n) is 8.23. The summed E-state index contributed by atoms with van der Waals surface area (Å²) in [5, 5.41) is 2.67. The van der Waals surface area contributed by atoms with E-state index in [9.17, 15) is 18.4 Å². The van der Waals surface area contributed by atoms with Crippen molar-refractivity contribution in [2.45, 2.75) is 31.9 Å². The molecule has 0 aromatic heterocycles. The lowest BCUT2D eigenvalue weighted by atomic mass is 10.1. The number of halogens is 2. The van der Waals surface area contributed by atoms with E-state index < -0.39 is 29.2 Å². The molecular formula is C17H21F2N3O3. The zero-order chi connectivity index (χ0) is 18.2. The molecule has 3 amide bonds. The topological polar surface area (TPSA) is 61.9 Å². The summed E-state index contributed by atoms with van der Waals surface area (Å²) in [7, 11) is 0. The Morgan fingerprint density at radius 1 is 1.28 bits per heavy atom. The molecule has 8 heteroatoms. The van der Waals surface area contributed by atoms with Gasteiger partial charge in [0.15, 0.2) is 0 Å². The van der Waals surface area contributed by atoms with Crippen molar-refractivity contribution in [3.05, 3.63) is 29.8 Å². The average molecular weight is 353 g/mol.